The van der Waals surface area contributed by atoms with Crippen molar-refractivity contribution in [1.82, 2.24) is 0 Å². The van der Waals surface area contributed by atoms with Gasteiger partial charge in [-0.15, -0.1) is 0 Å². The highest BCUT2D eigenvalue weighted by atomic mass is 32.2. The fraction of sp³-hybridized carbons (Fsp3) is 0.786. The van der Waals surface area contributed by atoms with Gasteiger partial charge in [0, 0.05) is 12.5 Å². The van der Waals surface area contributed by atoms with Gasteiger partial charge in [-0.05, 0) is 27.7 Å². The fourth-order valence-corrected chi connectivity index (χ4v) is 3.15. The van der Waals surface area contributed by atoms with Gasteiger partial charge in [0.15, 0.2) is 0 Å². The predicted molar refractivity (Wildman–Crippen MR) is 82.5 cm³/mol. The number of rotatable bonds is 10. The lowest BCUT2D eigenvalue weighted by Gasteiger charge is -2.46. The molecule has 0 amide bonds. The van der Waals surface area contributed by atoms with Gasteiger partial charge < -0.3 is 9.22 Å². The third-order valence-corrected chi connectivity index (χ3v) is 4.76. The number of hydrogen-bond acceptors (Lipinski definition) is 4. The number of nitrogens with zero attached hydrogens (tertiary/aromatic N) is 1. The monoisotopic (exact) mass is 322 g/mol. The summed E-state index contributed by atoms with van der Waals surface area (Å²) < 4.78 is 36.3. The molecule has 0 aromatic heterocycles. The van der Waals surface area contributed by atoms with Crippen LogP contribution in [0.2, 0.25) is 0 Å². The van der Waals surface area contributed by atoms with Crippen molar-refractivity contribution in [2.45, 2.75) is 46.2 Å². The zero-order valence-electron chi connectivity index (χ0n) is 13.4. The maximum atomic E-state index is 11.1. The smallest absolute Gasteiger partial charge is 0.330 e. The maximum Gasteiger partial charge on any atom is 0.330 e. The molecule has 0 atom stereocenters. The summed E-state index contributed by atoms with van der Waals surface area (Å²) in [6, 6.07) is 0.489. The minimum Gasteiger partial charge on any atom is -0.457 e. The van der Waals surface area contributed by atoms with Crippen LogP contribution in [0.15, 0.2) is 12.7 Å². The third-order valence-electron chi connectivity index (χ3n) is 3.95. The topological polar surface area (TPSA) is 80.7 Å². The van der Waals surface area contributed by atoms with Crippen molar-refractivity contribution >= 4 is 16.1 Å². The first-order chi connectivity index (χ1) is 9.55. The SMILES string of the molecule is C=CC(=O)OCC[N+](CCCS(=O)(=O)O)(C(C)C)C(C)C. The van der Waals surface area contributed by atoms with Crippen LogP contribution in [0.3, 0.4) is 0 Å². The number of ether oxygens (including phenoxy) is 1. The van der Waals surface area contributed by atoms with Crippen LogP contribution in [0.25, 0.3) is 0 Å². The number of quaternary nitrogens is 1. The van der Waals surface area contributed by atoms with E-state index in [2.05, 4.69) is 34.3 Å². The van der Waals surface area contributed by atoms with Gasteiger partial charge in [0.1, 0.15) is 13.2 Å². The summed E-state index contributed by atoms with van der Waals surface area (Å²) in [6.07, 6.45) is 1.49. The van der Waals surface area contributed by atoms with Crippen LogP contribution in [-0.2, 0) is 19.6 Å². The zero-order chi connectivity index (χ0) is 16.7. The quantitative estimate of drug-likeness (QED) is 0.286. The van der Waals surface area contributed by atoms with Crippen molar-refractivity contribution in [2.75, 3.05) is 25.4 Å². The van der Waals surface area contributed by atoms with Crippen molar-refractivity contribution in [2.24, 2.45) is 0 Å². The minimum absolute atomic E-state index is 0.244. The van der Waals surface area contributed by atoms with Crippen molar-refractivity contribution in [1.29, 1.82) is 0 Å². The molecule has 0 rings (SSSR count). The molecule has 0 radical (unpaired) electrons. The van der Waals surface area contributed by atoms with Gasteiger partial charge in [-0.3, -0.25) is 4.55 Å². The van der Waals surface area contributed by atoms with Crippen molar-refractivity contribution in [3.8, 4) is 0 Å². The van der Waals surface area contributed by atoms with Crippen LogP contribution in [0.5, 0.6) is 0 Å². The van der Waals surface area contributed by atoms with Gasteiger partial charge in [0.2, 0.25) is 0 Å². The lowest BCUT2D eigenvalue weighted by Crippen LogP contribution is -2.60. The first kappa shape index (κ1) is 20.1. The molecule has 0 aliphatic carbocycles. The van der Waals surface area contributed by atoms with Crippen LogP contribution in [0.4, 0.5) is 0 Å². The average molecular weight is 322 g/mol. The second kappa shape index (κ2) is 8.51. The summed E-state index contributed by atoms with van der Waals surface area (Å²) in [5.41, 5.74) is 0. The molecular formula is C14H28NO5S+. The molecule has 0 aliphatic rings. The predicted octanol–water partition coefficient (Wildman–Crippen LogP) is 1.63. The van der Waals surface area contributed by atoms with E-state index in [4.69, 9.17) is 9.29 Å². The Morgan fingerprint density at radius 1 is 1.24 bits per heavy atom. The molecule has 1 N–H and O–H groups in total. The summed E-state index contributed by atoms with van der Waals surface area (Å²) in [6.45, 7) is 13.0. The van der Waals surface area contributed by atoms with Crippen LogP contribution in [0, 0.1) is 0 Å². The van der Waals surface area contributed by atoms with Gasteiger partial charge >= 0.3 is 5.97 Å². The van der Waals surface area contributed by atoms with Gasteiger partial charge in [-0.25, -0.2) is 4.79 Å². The number of esters is 1. The Bertz CT molecular complexity index is 434. The Morgan fingerprint density at radius 3 is 2.14 bits per heavy atom. The highest BCUT2D eigenvalue weighted by Gasteiger charge is 2.34. The van der Waals surface area contributed by atoms with Crippen LogP contribution in [-0.4, -0.2) is 61.0 Å². The Hall–Kier alpha value is -0.920. The van der Waals surface area contributed by atoms with E-state index in [1.54, 1.807) is 0 Å². The molecule has 0 spiro atoms. The molecular weight excluding hydrogens is 294 g/mol. The van der Waals surface area contributed by atoms with E-state index in [0.29, 0.717) is 24.0 Å². The zero-order valence-corrected chi connectivity index (χ0v) is 14.2. The normalized spacial score (nSPS) is 12.7. The molecule has 0 bridgehead atoms. The van der Waals surface area contributed by atoms with E-state index in [1.165, 1.54) is 0 Å². The largest absolute Gasteiger partial charge is 0.457 e. The highest BCUT2D eigenvalue weighted by Crippen LogP contribution is 2.20. The van der Waals surface area contributed by atoms with Gasteiger partial charge in [0.25, 0.3) is 10.1 Å². The molecule has 0 fully saturated rings. The molecule has 0 aromatic carbocycles. The second-order valence-corrected chi connectivity index (χ2v) is 7.32. The Kier molecular flexibility index (Phi) is 8.13. The molecule has 0 saturated carbocycles. The Morgan fingerprint density at radius 2 is 1.76 bits per heavy atom. The highest BCUT2D eigenvalue weighted by molar-refractivity contribution is 7.85. The van der Waals surface area contributed by atoms with E-state index in [9.17, 15) is 13.2 Å². The van der Waals surface area contributed by atoms with E-state index >= 15 is 0 Å². The molecule has 0 unspecified atom stereocenters. The molecule has 0 saturated heterocycles. The molecule has 6 nitrogen and oxygen atoms in total. The number of hydrogen-bond donors (Lipinski definition) is 1. The molecule has 124 valence electrons. The van der Waals surface area contributed by atoms with Crippen molar-refractivity contribution in [3.63, 3.8) is 0 Å². The lowest BCUT2D eigenvalue weighted by molar-refractivity contribution is -0.966. The summed E-state index contributed by atoms with van der Waals surface area (Å²) in [4.78, 5) is 11.1. The number of carbonyl (C=O) groups is 1. The molecule has 21 heavy (non-hydrogen) atoms. The second-order valence-electron chi connectivity index (χ2n) is 5.75. The van der Waals surface area contributed by atoms with E-state index in [-0.39, 0.29) is 24.4 Å². The average Bonchev–Trinajstić information content (AvgIpc) is 2.34. The van der Waals surface area contributed by atoms with E-state index in [1.807, 2.05) is 0 Å². The van der Waals surface area contributed by atoms with Crippen LogP contribution in [0.1, 0.15) is 34.1 Å². The van der Waals surface area contributed by atoms with Crippen molar-refractivity contribution in [3.05, 3.63) is 12.7 Å². The third kappa shape index (κ3) is 7.06. The van der Waals surface area contributed by atoms with Gasteiger partial charge in [-0.1, -0.05) is 6.58 Å². The summed E-state index contributed by atoms with van der Waals surface area (Å²) in [7, 11) is -3.94. The summed E-state index contributed by atoms with van der Waals surface area (Å²) >= 11 is 0. The first-order valence-corrected chi connectivity index (χ1v) is 8.77. The van der Waals surface area contributed by atoms with Gasteiger partial charge in [0.05, 0.1) is 24.4 Å². The van der Waals surface area contributed by atoms with Gasteiger partial charge in [-0.2, -0.15) is 8.42 Å². The number of carbonyl (C=O) groups excluding carboxylic acids is 1. The maximum absolute atomic E-state index is 11.1. The van der Waals surface area contributed by atoms with Crippen LogP contribution < -0.4 is 0 Å². The fourth-order valence-electron chi connectivity index (χ4n) is 2.66. The Balaban J connectivity index is 4.83. The first-order valence-electron chi connectivity index (χ1n) is 7.16. The molecule has 0 aliphatic heterocycles. The lowest BCUT2D eigenvalue weighted by atomic mass is 10.1. The standard InChI is InChI=1S/C14H27NO5S/c1-6-14(16)20-10-9-15(12(2)3,13(4)5)8-7-11-21(17,18)19/h6,12-13H,1,7-11H2,2-5H3/p+1. The summed E-state index contributed by atoms with van der Waals surface area (Å²) in [5, 5.41) is 0. The molecule has 0 aromatic rings. The summed E-state index contributed by atoms with van der Waals surface area (Å²) in [5.74, 6) is -0.711. The Labute approximate surface area is 128 Å². The molecule has 0 heterocycles. The van der Waals surface area contributed by atoms with E-state index < -0.39 is 16.1 Å². The molecule has 7 heteroatoms. The van der Waals surface area contributed by atoms with E-state index in [0.717, 1.165) is 6.08 Å². The van der Waals surface area contributed by atoms with Crippen LogP contribution >= 0.6 is 0 Å². The minimum atomic E-state index is -3.94. The van der Waals surface area contributed by atoms with Crippen molar-refractivity contribution < 1.29 is 27.0 Å².